The van der Waals surface area contributed by atoms with Gasteiger partial charge in [-0.15, -0.1) is 5.10 Å². The molecule has 11 heteroatoms. The first-order valence-electron chi connectivity index (χ1n) is 14.3. The lowest BCUT2D eigenvalue weighted by atomic mass is 9.68. The molecule has 11 nitrogen and oxygen atoms in total. The summed E-state index contributed by atoms with van der Waals surface area (Å²) < 4.78 is 7.74. The number of hydrogen-bond acceptors (Lipinski definition) is 9. The Morgan fingerprint density at radius 1 is 0.933 bits per heavy atom. The molecule has 1 atom stereocenters. The zero-order valence-corrected chi connectivity index (χ0v) is 24.3. The van der Waals surface area contributed by atoms with E-state index in [1.165, 1.54) is 0 Å². The van der Waals surface area contributed by atoms with Crippen LogP contribution < -0.4 is 21.1 Å². The number of nitriles is 1. The van der Waals surface area contributed by atoms with Gasteiger partial charge in [0.15, 0.2) is 5.75 Å². The minimum atomic E-state index is -1.70. The Morgan fingerprint density at radius 2 is 1.69 bits per heavy atom. The van der Waals surface area contributed by atoms with Gasteiger partial charge in [-0.1, -0.05) is 41.6 Å². The fraction of sp³-hybridized carbons (Fsp3) is 0.118. The van der Waals surface area contributed by atoms with Gasteiger partial charge in [0.25, 0.3) is 0 Å². The summed E-state index contributed by atoms with van der Waals surface area (Å²) >= 11 is 0. The van der Waals surface area contributed by atoms with E-state index in [0.29, 0.717) is 44.6 Å². The van der Waals surface area contributed by atoms with Crippen LogP contribution in [0.15, 0.2) is 90.4 Å². The Balaban J connectivity index is 1.39. The SMILES string of the molecule is Cc1ccc(-n2nncc2CN2C(=O)C3(C(C#N)=C(N)Oc4c(N)cc5nc6ccccc6nc5c43)c3ccccc32)cc1C. The van der Waals surface area contributed by atoms with Gasteiger partial charge in [0.05, 0.1) is 57.4 Å². The molecular weight excluding hydrogens is 566 g/mol. The number of nitrogen functional groups attached to an aromatic ring is 1. The molecule has 2 aliphatic rings. The number of amides is 1. The molecule has 4 heterocycles. The highest BCUT2D eigenvalue weighted by Crippen LogP contribution is 2.58. The number of carbonyl (C=O) groups is 1. The van der Waals surface area contributed by atoms with Gasteiger partial charge in [-0.3, -0.25) is 4.79 Å². The van der Waals surface area contributed by atoms with Crippen LogP contribution in [0, 0.1) is 25.2 Å². The average Bonchev–Trinajstić information content (AvgIpc) is 3.60. The van der Waals surface area contributed by atoms with E-state index in [1.54, 1.807) is 21.8 Å². The average molecular weight is 592 g/mol. The minimum absolute atomic E-state index is 0.0439. The predicted octanol–water partition coefficient (Wildman–Crippen LogP) is 4.48. The van der Waals surface area contributed by atoms with E-state index in [0.717, 1.165) is 16.8 Å². The molecule has 0 fully saturated rings. The van der Waals surface area contributed by atoms with Gasteiger partial charge in [-0.25, -0.2) is 14.6 Å². The van der Waals surface area contributed by atoms with Crippen LogP contribution in [0.4, 0.5) is 11.4 Å². The van der Waals surface area contributed by atoms with E-state index in [1.807, 2.05) is 80.6 Å². The monoisotopic (exact) mass is 591 g/mol. The summed E-state index contributed by atoms with van der Waals surface area (Å²) in [5.74, 6) is -0.422. The Hall–Kier alpha value is -6.28. The zero-order chi connectivity index (χ0) is 31.0. The number of carbonyl (C=O) groups excluding carboxylic acids is 1. The van der Waals surface area contributed by atoms with Crippen LogP contribution in [0.5, 0.6) is 5.75 Å². The Labute approximate surface area is 257 Å². The molecule has 1 amide bonds. The van der Waals surface area contributed by atoms with E-state index < -0.39 is 11.3 Å². The third-order valence-corrected chi connectivity index (χ3v) is 8.78. The second kappa shape index (κ2) is 9.36. The van der Waals surface area contributed by atoms with Gasteiger partial charge in [0.1, 0.15) is 17.1 Å². The third-order valence-electron chi connectivity index (χ3n) is 8.78. The molecule has 2 aliphatic heterocycles. The molecule has 8 rings (SSSR count). The number of benzene rings is 4. The Kier molecular flexibility index (Phi) is 5.48. The lowest BCUT2D eigenvalue weighted by molar-refractivity contribution is -0.121. The molecular formula is C34H25N9O2. The van der Waals surface area contributed by atoms with Crippen LogP contribution in [-0.4, -0.2) is 30.9 Å². The molecule has 218 valence electrons. The highest BCUT2D eigenvalue weighted by Gasteiger charge is 2.60. The predicted molar refractivity (Wildman–Crippen MR) is 168 cm³/mol. The smallest absolute Gasteiger partial charge is 0.248 e. The van der Waals surface area contributed by atoms with E-state index >= 15 is 4.79 Å². The summed E-state index contributed by atoms with van der Waals surface area (Å²) in [6.45, 7) is 4.19. The van der Waals surface area contributed by atoms with Crippen molar-refractivity contribution >= 4 is 39.3 Å². The van der Waals surface area contributed by atoms with Gasteiger partial charge in [0.2, 0.25) is 11.8 Å². The molecule has 0 radical (unpaired) electrons. The maximum atomic E-state index is 15.2. The number of hydrogen-bond donors (Lipinski definition) is 2. The summed E-state index contributed by atoms with van der Waals surface area (Å²) in [4.78, 5) is 26.6. The molecule has 1 unspecified atom stereocenters. The number of para-hydroxylation sites is 3. The van der Waals surface area contributed by atoms with Crippen LogP contribution in [0.3, 0.4) is 0 Å². The van der Waals surface area contributed by atoms with E-state index in [4.69, 9.17) is 26.2 Å². The number of ether oxygens (including phenoxy) is 1. The van der Waals surface area contributed by atoms with Crippen molar-refractivity contribution in [2.75, 3.05) is 10.6 Å². The van der Waals surface area contributed by atoms with Crippen molar-refractivity contribution in [2.45, 2.75) is 25.8 Å². The first-order valence-corrected chi connectivity index (χ1v) is 14.3. The van der Waals surface area contributed by atoms with Crippen LogP contribution in [0.1, 0.15) is 27.9 Å². The molecule has 45 heavy (non-hydrogen) atoms. The number of rotatable bonds is 3. The van der Waals surface area contributed by atoms with Crippen molar-refractivity contribution in [3.63, 3.8) is 0 Å². The second-order valence-corrected chi connectivity index (χ2v) is 11.3. The van der Waals surface area contributed by atoms with Crippen LogP contribution in [0.25, 0.3) is 27.8 Å². The fourth-order valence-electron chi connectivity index (χ4n) is 6.52. The first kappa shape index (κ1) is 26.4. The summed E-state index contributed by atoms with van der Waals surface area (Å²) in [5.41, 5.74) is 18.9. The van der Waals surface area contributed by atoms with Crippen LogP contribution >= 0.6 is 0 Å². The summed E-state index contributed by atoms with van der Waals surface area (Å²) in [5, 5.41) is 19.1. The van der Waals surface area contributed by atoms with Gasteiger partial charge >= 0.3 is 0 Å². The van der Waals surface area contributed by atoms with Crippen molar-refractivity contribution in [3.05, 3.63) is 118 Å². The van der Waals surface area contributed by atoms with Crippen LogP contribution in [0.2, 0.25) is 0 Å². The van der Waals surface area contributed by atoms with Gasteiger partial charge in [-0.2, -0.15) is 5.26 Å². The normalized spacial score (nSPS) is 17.1. The molecule has 0 aliphatic carbocycles. The number of aromatic nitrogens is 5. The van der Waals surface area contributed by atoms with Crippen molar-refractivity contribution in [2.24, 2.45) is 5.73 Å². The number of nitrogens with zero attached hydrogens (tertiary/aromatic N) is 7. The molecule has 0 saturated heterocycles. The van der Waals surface area contributed by atoms with Crippen molar-refractivity contribution in [3.8, 4) is 17.5 Å². The largest absolute Gasteiger partial charge is 0.438 e. The number of aryl methyl sites for hydroxylation is 2. The lowest BCUT2D eigenvalue weighted by Crippen LogP contribution is -2.46. The highest BCUT2D eigenvalue weighted by molar-refractivity contribution is 6.16. The van der Waals surface area contributed by atoms with Gasteiger partial charge < -0.3 is 21.1 Å². The maximum Gasteiger partial charge on any atom is 0.248 e. The molecule has 2 aromatic heterocycles. The Bertz CT molecular complexity index is 2330. The number of anilines is 2. The third kappa shape index (κ3) is 3.53. The highest BCUT2D eigenvalue weighted by atomic mass is 16.5. The minimum Gasteiger partial charge on any atom is -0.438 e. The summed E-state index contributed by atoms with van der Waals surface area (Å²) in [6, 6.07) is 24.7. The van der Waals surface area contributed by atoms with Crippen molar-refractivity contribution in [1.29, 1.82) is 5.26 Å². The second-order valence-electron chi connectivity index (χ2n) is 11.3. The van der Waals surface area contributed by atoms with Crippen LogP contribution in [-0.2, 0) is 16.8 Å². The fourth-order valence-corrected chi connectivity index (χ4v) is 6.52. The van der Waals surface area contributed by atoms with E-state index in [9.17, 15) is 5.26 Å². The van der Waals surface area contributed by atoms with Crippen molar-refractivity contribution in [1.82, 2.24) is 25.0 Å². The zero-order valence-electron chi connectivity index (χ0n) is 24.3. The lowest BCUT2D eigenvalue weighted by Gasteiger charge is -2.35. The molecule has 0 bridgehead atoms. The number of nitrogens with two attached hydrogens (primary N) is 2. The Morgan fingerprint density at radius 3 is 2.47 bits per heavy atom. The molecule has 4 aromatic carbocycles. The molecule has 4 N–H and O–H groups in total. The molecule has 1 spiro atoms. The van der Waals surface area contributed by atoms with E-state index in [2.05, 4.69) is 16.4 Å². The topological polar surface area (TPSA) is 162 Å². The summed E-state index contributed by atoms with van der Waals surface area (Å²) in [6.07, 6.45) is 1.63. The summed E-state index contributed by atoms with van der Waals surface area (Å²) in [7, 11) is 0. The van der Waals surface area contributed by atoms with Gasteiger partial charge in [-0.05, 0) is 61.4 Å². The standard InChI is InChI=1S/C34H25N9O2/c1-18-11-12-20(13-19(18)2)43-21(16-38-41-43)17-42-28-10-6-3-7-22(28)34(33(42)44)23(15-35)32(37)45-31-24(36)14-27-30(29(31)34)40-26-9-5-4-8-25(26)39-27/h3-14,16H,17,36-37H2,1-2H3. The molecule has 6 aromatic rings. The van der Waals surface area contributed by atoms with E-state index in [-0.39, 0.29) is 29.4 Å². The quantitative estimate of drug-likeness (QED) is 0.223. The van der Waals surface area contributed by atoms with Crippen molar-refractivity contribution < 1.29 is 9.53 Å². The molecule has 0 saturated carbocycles. The number of fused-ring (bicyclic) bond motifs is 7. The first-order chi connectivity index (χ1) is 21.8. The maximum absolute atomic E-state index is 15.2. The van der Waals surface area contributed by atoms with Gasteiger partial charge in [0, 0.05) is 11.3 Å².